The minimum absolute atomic E-state index is 0. The Hall–Kier alpha value is -2.43. The summed E-state index contributed by atoms with van der Waals surface area (Å²) in [5.41, 5.74) is 0.382. The summed E-state index contributed by atoms with van der Waals surface area (Å²) in [5, 5.41) is 15.1. The number of carbonyl (C=O) groups is 5. The number of hydrogen-bond acceptors (Lipinski definition) is 6. The van der Waals surface area contributed by atoms with E-state index in [1.54, 1.807) is 37.3 Å². The van der Waals surface area contributed by atoms with Gasteiger partial charge in [-0.05, 0) is 12.5 Å². The van der Waals surface area contributed by atoms with E-state index in [1.807, 2.05) is 0 Å². The van der Waals surface area contributed by atoms with E-state index in [1.165, 1.54) is 4.90 Å². The van der Waals surface area contributed by atoms with E-state index in [0.29, 0.717) is 12.1 Å². The first-order valence-electron chi connectivity index (χ1n) is 8.29. The van der Waals surface area contributed by atoms with Gasteiger partial charge in [-0.3, -0.25) is 19.3 Å². The molecule has 5 amide bonds. The number of urea groups is 1. The summed E-state index contributed by atoms with van der Waals surface area (Å²) in [7, 11) is 0. The van der Waals surface area contributed by atoms with Gasteiger partial charge in [0.1, 0.15) is 6.04 Å². The van der Waals surface area contributed by atoms with Crippen molar-refractivity contribution in [1.82, 2.24) is 20.4 Å². The molecule has 10 nitrogen and oxygen atoms in total. The molecule has 144 valence electrons. The van der Waals surface area contributed by atoms with Crippen LogP contribution < -0.4 is 45.3 Å². The van der Waals surface area contributed by atoms with Crippen molar-refractivity contribution in [1.29, 1.82) is 0 Å². The van der Waals surface area contributed by atoms with E-state index >= 15 is 0 Å². The Morgan fingerprint density at radius 1 is 1.11 bits per heavy atom. The van der Waals surface area contributed by atoms with Gasteiger partial charge >= 0.3 is 47.4 Å². The summed E-state index contributed by atoms with van der Waals surface area (Å²) in [6, 6.07) is 5.93. The first-order valence-corrected chi connectivity index (χ1v) is 8.29. The predicted octanol–water partition coefficient (Wildman–Crippen LogP) is -5.00. The van der Waals surface area contributed by atoms with Crippen molar-refractivity contribution in [2.75, 3.05) is 26.2 Å². The molecule has 1 saturated heterocycles. The number of carboxylic acid groups (broad SMARTS) is 1. The molecule has 1 aliphatic rings. The second-order valence-corrected chi connectivity index (χ2v) is 5.72. The molecule has 2 rings (SSSR count). The number of nitrogens with zero attached hydrogens (tertiary/aromatic N) is 2. The number of hydrogen-bond donors (Lipinski definition) is 2. The Kier molecular flexibility index (Phi) is 9.10. The van der Waals surface area contributed by atoms with Crippen LogP contribution >= 0.6 is 0 Å². The van der Waals surface area contributed by atoms with Crippen molar-refractivity contribution in [3.8, 4) is 0 Å². The van der Waals surface area contributed by atoms with Crippen LogP contribution in [0.5, 0.6) is 0 Å². The van der Waals surface area contributed by atoms with Crippen molar-refractivity contribution < 1.29 is 58.6 Å². The first-order chi connectivity index (χ1) is 12.8. The number of aliphatic carboxylic acids is 1. The minimum Gasteiger partial charge on any atom is -0.548 e. The molecule has 2 N–H and O–H groups in total. The number of likely N-dealkylation sites (N-methyl/N-ethyl adjacent to an activating group) is 1. The summed E-state index contributed by atoms with van der Waals surface area (Å²) in [6.45, 7) is 1.52. The molecular weight excluding hydrogens is 379 g/mol. The number of benzene rings is 1. The van der Waals surface area contributed by atoms with Gasteiger partial charge in [0.05, 0.1) is 12.5 Å². The molecule has 0 radical (unpaired) electrons. The van der Waals surface area contributed by atoms with Crippen LogP contribution in [0.2, 0.25) is 0 Å². The Morgan fingerprint density at radius 3 is 2.32 bits per heavy atom. The molecule has 0 aliphatic carbocycles. The number of imide groups is 1. The molecule has 0 bridgehead atoms. The summed E-state index contributed by atoms with van der Waals surface area (Å²) < 4.78 is 0. The Labute approximate surface area is 183 Å². The summed E-state index contributed by atoms with van der Waals surface area (Å²) in [4.78, 5) is 61.5. The van der Waals surface area contributed by atoms with Gasteiger partial charge in [-0.25, -0.2) is 4.79 Å². The number of piperazine rings is 1. The maximum atomic E-state index is 12.5. The molecule has 0 spiro atoms. The van der Waals surface area contributed by atoms with E-state index in [2.05, 4.69) is 10.6 Å². The van der Waals surface area contributed by atoms with Gasteiger partial charge in [-0.15, -0.1) is 0 Å². The summed E-state index contributed by atoms with van der Waals surface area (Å²) in [5.74, 6) is -4.05. The fourth-order valence-corrected chi connectivity index (χ4v) is 2.58. The van der Waals surface area contributed by atoms with E-state index < -0.39 is 42.3 Å². The van der Waals surface area contributed by atoms with Crippen molar-refractivity contribution in [2.45, 2.75) is 13.0 Å². The monoisotopic (exact) mass is 398 g/mol. The van der Waals surface area contributed by atoms with Crippen LogP contribution in [-0.4, -0.2) is 65.7 Å². The average Bonchev–Trinajstić information content (AvgIpc) is 2.66. The smallest absolute Gasteiger partial charge is 0.548 e. The molecule has 0 aromatic heterocycles. The van der Waals surface area contributed by atoms with Gasteiger partial charge in [0.2, 0.25) is 5.91 Å². The van der Waals surface area contributed by atoms with Gasteiger partial charge < -0.3 is 25.4 Å². The Balaban J connectivity index is 0.00000392. The number of amides is 5. The molecule has 0 saturated carbocycles. The normalized spacial score (nSPS) is 14.8. The zero-order valence-corrected chi connectivity index (χ0v) is 17.6. The molecule has 0 unspecified atom stereocenters. The van der Waals surface area contributed by atoms with Crippen LogP contribution in [0.25, 0.3) is 0 Å². The third-order valence-corrected chi connectivity index (χ3v) is 4.01. The molecule has 1 aliphatic heterocycles. The third kappa shape index (κ3) is 5.78. The summed E-state index contributed by atoms with van der Waals surface area (Å²) in [6.07, 6.45) is 0. The second-order valence-electron chi connectivity index (χ2n) is 5.72. The van der Waals surface area contributed by atoms with Gasteiger partial charge in [0.25, 0.3) is 0 Å². The molecule has 28 heavy (non-hydrogen) atoms. The molecule has 1 atom stereocenters. The van der Waals surface area contributed by atoms with Crippen molar-refractivity contribution in [3.05, 3.63) is 35.9 Å². The van der Waals surface area contributed by atoms with Crippen LogP contribution in [0.3, 0.4) is 0 Å². The largest absolute Gasteiger partial charge is 1.00 e. The van der Waals surface area contributed by atoms with Crippen molar-refractivity contribution in [2.24, 2.45) is 0 Å². The number of rotatable bonds is 6. The van der Waals surface area contributed by atoms with Gasteiger partial charge in [0.15, 0.2) is 0 Å². The van der Waals surface area contributed by atoms with Crippen LogP contribution in [-0.2, 0) is 19.2 Å². The van der Waals surface area contributed by atoms with E-state index in [0.717, 1.165) is 4.90 Å². The summed E-state index contributed by atoms with van der Waals surface area (Å²) >= 11 is 0. The van der Waals surface area contributed by atoms with Crippen LogP contribution in [0, 0.1) is 0 Å². The minimum atomic E-state index is -1.49. The molecule has 1 aromatic carbocycles. The van der Waals surface area contributed by atoms with E-state index in [-0.39, 0.29) is 42.6 Å². The number of nitrogens with one attached hydrogen (secondary N) is 2. The van der Waals surface area contributed by atoms with Crippen molar-refractivity contribution >= 4 is 29.7 Å². The van der Waals surface area contributed by atoms with Gasteiger partial charge in [0, 0.05) is 19.6 Å². The predicted molar refractivity (Wildman–Crippen MR) is 89.7 cm³/mol. The fraction of sp³-hybridized carbons (Fsp3) is 0.353. The Morgan fingerprint density at radius 2 is 1.75 bits per heavy atom. The first kappa shape index (κ1) is 23.6. The maximum Gasteiger partial charge on any atom is 1.00 e. The topological polar surface area (TPSA) is 139 Å². The third-order valence-electron chi connectivity index (χ3n) is 4.01. The maximum absolute atomic E-state index is 12.5. The molecule has 1 heterocycles. The zero-order chi connectivity index (χ0) is 20.0. The SMILES string of the molecule is CCN1CCN(C(=O)N[C@@H](C(=O)NCC(=O)[O-])c2ccccc2)C(=O)C1=O.[Na+]. The van der Waals surface area contributed by atoms with Crippen LogP contribution in [0.15, 0.2) is 30.3 Å². The molecule has 1 fully saturated rings. The average molecular weight is 398 g/mol. The Bertz CT molecular complexity index is 757. The fourth-order valence-electron chi connectivity index (χ4n) is 2.58. The molecule has 1 aromatic rings. The van der Waals surface area contributed by atoms with Crippen LogP contribution in [0.1, 0.15) is 18.5 Å². The number of carbonyl (C=O) groups excluding carboxylic acids is 5. The van der Waals surface area contributed by atoms with Crippen molar-refractivity contribution in [3.63, 3.8) is 0 Å². The van der Waals surface area contributed by atoms with Gasteiger partial charge in [-0.2, -0.15) is 0 Å². The quantitative estimate of drug-likeness (QED) is 0.363. The van der Waals surface area contributed by atoms with Gasteiger partial charge in [-0.1, -0.05) is 30.3 Å². The number of carboxylic acids is 1. The zero-order valence-electron chi connectivity index (χ0n) is 15.6. The van der Waals surface area contributed by atoms with E-state index in [9.17, 15) is 29.1 Å². The molecular formula is C17H19N4NaO6. The van der Waals surface area contributed by atoms with E-state index in [4.69, 9.17) is 0 Å². The molecule has 11 heteroatoms. The second kappa shape index (κ2) is 10.8. The standard InChI is InChI=1S/C17H20N4O6.Na/c1-2-20-8-9-21(16(26)15(20)25)17(27)19-13(11-6-4-3-5-7-11)14(24)18-10-12(22)23;/h3-7,13H,2,8-10H2,1H3,(H,18,24)(H,19,27)(H,22,23);/q;+1/p-1/t13-;/m1./s1. The van der Waals surface area contributed by atoms with Crippen LogP contribution in [0.4, 0.5) is 4.79 Å².